The standard InChI is InChI=1S/C15H13N3O/c1-2-18-10-9-16-15(18)14(19)13-8-7-11-5-3-4-6-12(11)17-13/h3-10H,2H2,1H3. The van der Waals surface area contributed by atoms with Gasteiger partial charge in [-0.1, -0.05) is 24.3 Å². The van der Waals surface area contributed by atoms with Crippen molar-refractivity contribution in [3.63, 3.8) is 0 Å². The monoisotopic (exact) mass is 251 g/mol. The third kappa shape index (κ3) is 2.01. The van der Waals surface area contributed by atoms with Gasteiger partial charge in [0, 0.05) is 24.3 Å². The number of ketones is 1. The van der Waals surface area contributed by atoms with Gasteiger partial charge in [-0.3, -0.25) is 4.79 Å². The maximum Gasteiger partial charge on any atom is 0.246 e. The normalized spacial score (nSPS) is 10.8. The van der Waals surface area contributed by atoms with Gasteiger partial charge in [-0.05, 0) is 19.1 Å². The second-order valence-electron chi connectivity index (χ2n) is 4.26. The van der Waals surface area contributed by atoms with E-state index in [2.05, 4.69) is 9.97 Å². The fourth-order valence-electron chi connectivity index (χ4n) is 2.08. The molecule has 4 nitrogen and oxygen atoms in total. The van der Waals surface area contributed by atoms with Crippen molar-refractivity contribution in [1.82, 2.24) is 14.5 Å². The van der Waals surface area contributed by atoms with Crippen LogP contribution in [0.5, 0.6) is 0 Å². The highest BCUT2D eigenvalue weighted by Crippen LogP contribution is 2.14. The van der Waals surface area contributed by atoms with Crippen LogP contribution < -0.4 is 0 Å². The zero-order valence-corrected chi connectivity index (χ0v) is 10.6. The van der Waals surface area contributed by atoms with Gasteiger partial charge in [-0.15, -0.1) is 0 Å². The molecule has 3 aromatic rings. The number of aromatic nitrogens is 3. The van der Waals surface area contributed by atoms with Crippen LogP contribution >= 0.6 is 0 Å². The second-order valence-corrected chi connectivity index (χ2v) is 4.26. The van der Waals surface area contributed by atoms with Crippen LogP contribution in [0.1, 0.15) is 23.2 Å². The summed E-state index contributed by atoms with van der Waals surface area (Å²) in [5, 5.41) is 1.03. The van der Waals surface area contributed by atoms with Crippen LogP contribution in [-0.4, -0.2) is 20.3 Å². The Labute approximate surface area is 110 Å². The Bertz CT molecular complexity index is 746. The summed E-state index contributed by atoms with van der Waals surface area (Å²) in [6.45, 7) is 2.70. The number of aryl methyl sites for hydroxylation is 1. The molecule has 0 aliphatic rings. The molecule has 94 valence electrons. The molecule has 19 heavy (non-hydrogen) atoms. The predicted octanol–water partition coefficient (Wildman–Crippen LogP) is 2.68. The number of hydrogen-bond acceptors (Lipinski definition) is 3. The van der Waals surface area contributed by atoms with Crippen LogP contribution in [0.4, 0.5) is 0 Å². The minimum absolute atomic E-state index is 0.141. The van der Waals surface area contributed by atoms with E-state index in [0.717, 1.165) is 10.9 Å². The number of benzene rings is 1. The van der Waals surface area contributed by atoms with Crippen LogP contribution in [0.25, 0.3) is 10.9 Å². The minimum Gasteiger partial charge on any atom is -0.328 e. The van der Waals surface area contributed by atoms with E-state index in [0.29, 0.717) is 18.1 Å². The number of rotatable bonds is 3. The molecule has 0 bridgehead atoms. The first kappa shape index (κ1) is 11.6. The van der Waals surface area contributed by atoms with Gasteiger partial charge in [-0.25, -0.2) is 9.97 Å². The van der Waals surface area contributed by atoms with E-state index in [1.165, 1.54) is 0 Å². The van der Waals surface area contributed by atoms with Crippen molar-refractivity contribution in [3.05, 3.63) is 60.3 Å². The van der Waals surface area contributed by atoms with Crippen LogP contribution in [-0.2, 0) is 6.54 Å². The zero-order chi connectivity index (χ0) is 13.2. The summed E-state index contributed by atoms with van der Waals surface area (Å²) in [6, 6.07) is 11.4. The molecule has 0 atom stereocenters. The van der Waals surface area contributed by atoms with Crippen LogP contribution in [0.3, 0.4) is 0 Å². The summed E-state index contributed by atoms with van der Waals surface area (Å²) in [5.41, 5.74) is 1.25. The van der Waals surface area contributed by atoms with E-state index in [9.17, 15) is 4.79 Å². The number of fused-ring (bicyclic) bond motifs is 1. The molecule has 0 aliphatic heterocycles. The number of para-hydroxylation sites is 1. The number of hydrogen-bond donors (Lipinski definition) is 0. The highest BCUT2D eigenvalue weighted by molar-refractivity contribution is 6.06. The first-order valence-corrected chi connectivity index (χ1v) is 6.21. The summed E-state index contributed by atoms with van der Waals surface area (Å²) < 4.78 is 1.82. The van der Waals surface area contributed by atoms with Crippen molar-refractivity contribution in [2.24, 2.45) is 0 Å². The van der Waals surface area contributed by atoms with Gasteiger partial charge >= 0.3 is 0 Å². The highest BCUT2D eigenvalue weighted by atomic mass is 16.1. The van der Waals surface area contributed by atoms with Gasteiger partial charge in [0.1, 0.15) is 5.69 Å². The van der Waals surface area contributed by atoms with Gasteiger partial charge < -0.3 is 4.57 Å². The molecule has 3 rings (SSSR count). The average Bonchev–Trinajstić information content (AvgIpc) is 2.94. The van der Waals surface area contributed by atoms with Gasteiger partial charge in [-0.2, -0.15) is 0 Å². The molecule has 0 spiro atoms. The van der Waals surface area contributed by atoms with Gasteiger partial charge in [0.15, 0.2) is 5.82 Å². The van der Waals surface area contributed by atoms with E-state index in [1.807, 2.05) is 41.8 Å². The molecule has 0 radical (unpaired) electrons. The quantitative estimate of drug-likeness (QED) is 0.672. The minimum atomic E-state index is -0.141. The summed E-state index contributed by atoms with van der Waals surface area (Å²) in [6.07, 6.45) is 3.44. The van der Waals surface area contributed by atoms with E-state index in [1.54, 1.807) is 18.5 Å². The maximum atomic E-state index is 12.4. The summed E-state index contributed by atoms with van der Waals surface area (Å²) in [7, 11) is 0. The second kappa shape index (κ2) is 4.65. The maximum absolute atomic E-state index is 12.4. The third-order valence-electron chi connectivity index (χ3n) is 3.09. The molecular weight excluding hydrogens is 238 g/mol. The summed E-state index contributed by atoms with van der Waals surface area (Å²) in [5.74, 6) is 0.294. The molecule has 0 amide bonds. The van der Waals surface area contributed by atoms with E-state index >= 15 is 0 Å². The molecular formula is C15H13N3O. The Balaban J connectivity index is 2.06. The van der Waals surface area contributed by atoms with Crippen LogP contribution in [0.2, 0.25) is 0 Å². The van der Waals surface area contributed by atoms with Crippen LogP contribution in [0, 0.1) is 0 Å². The smallest absolute Gasteiger partial charge is 0.246 e. The van der Waals surface area contributed by atoms with Gasteiger partial charge in [0.2, 0.25) is 5.78 Å². The van der Waals surface area contributed by atoms with Crippen molar-refractivity contribution >= 4 is 16.7 Å². The molecule has 2 heterocycles. The van der Waals surface area contributed by atoms with Crippen molar-refractivity contribution < 1.29 is 4.79 Å². The molecule has 0 saturated carbocycles. The fraction of sp³-hybridized carbons (Fsp3) is 0.133. The lowest BCUT2D eigenvalue weighted by atomic mass is 10.1. The molecule has 1 aromatic carbocycles. The Morgan fingerprint density at radius 1 is 1.21 bits per heavy atom. The number of nitrogens with zero attached hydrogens (tertiary/aromatic N) is 3. The number of carbonyl (C=O) groups is 1. The van der Waals surface area contributed by atoms with Gasteiger partial charge in [0.05, 0.1) is 5.52 Å². The largest absolute Gasteiger partial charge is 0.328 e. The van der Waals surface area contributed by atoms with Crippen molar-refractivity contribution in [3.8, 4) is 0 Å². The Hall–Kier alpha value is -2.49. The van der Waals surface area contributed by atoms with Crippen LogP contribution in [0.15, 0.2) is 48.8 Å². The molecule has 0 fully saturated rings. The first-order valence-electron chi connectivity index (χ1n) is 6.21. The molecule has 4 heteroatoms. The van der Waals surface area contributed by atoms with Crippen molar-refractivity contribution in [1.29, 1.82) is 0 Å². The zero-order valence-electron chi connectivity index (χ0n) is 10.6. The number of pyridine rings is 1. The molecule has 0 aliphatic carbocycles. The topological polar surface area (TPSA) is 47.8 Å². The van der Waals surface area contributed by atoms with Gasteiger partial charge in [0.25, 0.3) is 0 Å². The molecule has 0 N–H and O–H groups in total. The number of imidazole rings is 1. The lowest BCUT2D eigenvalue weighted by molar-refractivity contribution is 0.102. The molecule has 0 saturated heterocycles. The Morgan fingerprint density at radius 2 is 2.05 bits per heavy atom. The van der Waals surface area contributed by atoms with Crippen molar-refractivity contribution in [2.75, 3.05) is 0 Å². The predicted molar refractivity (Wildman–Crippen MR) is 73.1 cm³/mol. The third-order valence-corrected chi connectivity index (χ3v) is 3.09. The first-order chi connectivity index (χ1) is 9.29. The SMILES string of the molecule is CCn1ccnc1C(=O)c1ccc2ccccc2n1. The van der Waals surface area contributed by atoms with Crippen molar-refractivity contribution in [2.45, 2.75) is 13.5 Å². The Morgan fingerprint density at radius 3 is 2.89 bits per heavy atom. The Kier molecular flexibility index (Phi) is 2.83. The lowest BCUT2D eigenvalue weighted by Gasteiger charge is -2.04. The summed E-state index contributed by atoms with van der Waals surface area (Å²) in [4.78, 5) is 20.9. The summed E-state index contributed by atoms with van der Waals surface area (Å²) >= 11 is 0. The highest BCUT2D eigenvalue weighted by Gasteiger charge is 2.16. The van der Waals surface area contributed by atoms with E-state index in [4.69, 9.17) is 0 Å². The molecule has 0 unspecified atom stereocenters. The fourth-order valence-corrected chi connectivity index (χ4v) is 2.08. The van der Waals surface area contributed by atoms with E-state index in [-0.39, 0.29) is 5.78 Å². The van der Waals surface area contributed by atoms with E-state index < -0.39 is 0 Å². The number of carbonyl (C=O) groups excluding carboxylic acids is 1. The average molecular weight is 251 g/mol. The molecule has 2 aromatic heterocycles. The lowest BCUT2D eigenvalue weighted by Crippen LogP contribution is -2.11.